The van der Waals surface area contributed by atoms with Gasteiger partial charge in [0.15, 0.2) is 0 Å². The number of ether oxygens (including phenoxy) is 1. The van der Waals surface area contributed by atoms with E-state index in [4.69, 9.17) is 10.5 Å². The molecular formula is C61H64N10O26. The molecule has 0 aromatic carbocycles. The average Bonchev–Trinajstić information content (AvgIpc) is 0.952. The summed E-state index contributed by atoms with van der Waals surface area (Å²) in [6.45, 7) is 0. The normalized spacial score (nSPS) is 12.4. The SMILES string of the molecule is COC(=O)[C@H](CCCc1cc(C(=O)O)nc(C(=O)O)c1)NC(=O)[C@H](CCCc1cc(C(=O)O)nc(C(=O)O)c1)NC(=O)[C@H](CCCc1cc(C(=O)O)nc(C(=O)O)c1)NC(=O)[C@H](CCCc1cc(C(=O)O)nc(C(=O)O)c1)NC(=O)[C@@H](N)CCCc1cc(C(=O)O)nc(C(=O)O)c1. The molecule has 5 aromatic rings. The number of aromatic nitrogens is 5. The molecule has 5 rings (SSSR count). The Morgan fingerprint density at radius 3 is 0.680 bits per heavy atom. The third kappa shape index (κ3) is 23.1. The van der Waals surface area contributed by atoms with E-state index in [9.17, 15) is 123 Å². The molecule has 97 heavy (non-hydrogen) atoms. The number of aromatic carboxylic acids is 10. The van der Waals surface area contributed by atoms with Crippen molar-refractivity contribution in [2.45, 2.75) is 127 Å². The molecule has 0 radical (unpaired) electrons. The largest absolute Gasteiger partial charge is 0.477 e. The molecule has 5 atom stereocenters. The van der Waals surface area contributed by atoms with E-state index < -0.39 is 196 Å². The van der Waals surface area contributed by atoms with Gasteiger partial charge < -0.3 is 82.8 Å². The van der Waals surface area contributed by atoms with E-state index in [1.807, 2.05) is 0 Å². The van der Waals surface area contributed by atoms with Crippen LogP contribution in [-0.2, 0) is 60.8 Å². The first-order valence-electron chi connectivity index (χ1n) is 29.2. The molecule has 0 unspecified atom stereocenters. The van der Waals surface area contributed by atoms with E-state index >= 15 is 0 Å². The molecule has 514 valence electrons. The lowest BCUT2D eigenvalue weighted by atomic mass is 9.99. The van der Waals surface area contributed by atoms with Gasteiger partial charge in [-0.15, -0.1) is 0 Å². The zero-order chi connectivity index (χ0) is 72.0. The van der Waals surface area contributed by atoms with E-state index in [1.54, 1.807) is 0 Å². The smallest absolute Gasteiger partial charge is 0.354 e. The Bertz CT molecular complexity index is 3770. The van der Waals surface area contributed by atoms with Crippen molar-refractivity contribution in [2.24, 2.45) is 5.73 Å². The number of nitrogens with one attached hydrogen (secondary N) is 4. The number of aryl methyl sites for hydroxylation is 5. The zero-order valence-corrected chi connectivity index (χ0v) is 51.1. The number of carbonyl (C=O) groups excluding carboxylic acids is 5. The Hall–Kier alpha value is -12.2. The number of pyridine rings is 5. The van der Waals surface area contributed by atoms with Crippen LogP contribution >= 0.6 is 0 Å². The highest BCUT2D eigenvalue weighted by molar-refractivity contribution is 5.97. The maximum absolute atomic E-state index is 15.0. The van der Waals surface area contributed by atoms with Crippen LogP contribution in [0.2, 0.25) is 0 Å². The second-order valence-corrected chi connectivity index (χ2v) is 21.6. The van der Waals surface area contributed by atoms with Crippen LogP contribution in [0.3, 0.4) is 0 Å². The number of rotatable bonds is 39. The molecule has 0 saturated carbocycles. The third-order valence-corrected chi connectivity index (χ3v) is 14.5. The minimum absolute atomic E-state index is 0.00975. The van der Waals surface area contributed by atoms with Gasteiger partial charge in [-0.25, -0.2) is 77.7 Å². The number of hydrogen-bond donors (Lipinski definition) is 15. The lowest BCUT2D eigenvalue weighted by Gasteiger charge is -2.27. The number of amides is 4. The predicted molar refractivity (Wildman–Crippen MR) is 323 cm³/mol. The fourth-order valence-corrected chi connectivity index (χ4v) is 9.75. The summed E-state index contributed by atoms with van der Waals surface area (Å²) < 4.78 is 4.94. The van der Waals surface area contributed by atoms with E-state index in [-0.39, 0.29) is 105 Å². The van der Waals surface area contributed by atoms with Gasteiger partial charge >= 0.3 is 65.7 Å². The number of carboxylic acid groups (broad SMARTS) is 10. The van der Waals surface area contributed by atoms with Gasteiger partial charge in [0.25, 0.3) is 0 Å². The standard InChI is InChI=1S/C61H64N10O26/c1-97-61(96)36(16-6-11-31-25-45(59(92)93)67-46(26-31)60(94)95)71-50(75)35(15-5-10-30-23-43(57(88)89)66-44(24-30)58(90)91)70-49(74)34(14-4-9-29-21-41(55(84)85)65-42(22-29)56(86)87)69-48(73)33(13-3-8-28-19-39(53(80)81)64-40(20-28)54(82)83)68-47(72)32(62)12-2-7-27-17-37(51(76)77)63-38(18-27)52(78)79/h17-26,32-36H,2-16,62H2,1H3,(H,68,72)(H,69,73)(H,70,74)(H,71,75)(H,76,77)(H,78,79)(H,80,81)(H,82,83)(H,84,85)(H,86,87)(H,88,89)(H,90,91)(H,92,93)(H,94,95)/t32-,33-,34-,35-,36-/m0/s1. The van der Waals surface area contributed by atoms with Crippen LogP contribution in [0, 0.1) is 0 Å². The number of esters is 1. The van der Waals surface area contributed by atoms with Crippen molar-refractivity contribution in [3.8, 4) is 0 Å². The average molecular weight is 1350 g/mol. The lowest BCUT2D eigenvalue weighted by molar-refractivity contribution is -0.145. The minimum atomic E-state index is -1.81. The maximum atomic E-state index is 15.0. The highest BCUT2D eigenvalue weighted by Crippen LogP contribution is 2.19. The Balaban J connectivity index is 1.53. The molecule has 0 saturated heterocycles. The highest BCUT2D eigenvalue weighted by atomic mass is 16.5. The molecule has 0 aliphatic rings. The van der Waals surface area contributed by atoms with Crippen molar-refractivity contribution in [3.05, 3.63) is 145 Å². The van der Waals surface area contributed by atoms with Crippen LogP contribution < -0.4 is 27.0 Å². The van der Waals surface area contributed by atoms with Gasteiger partial charge in [0.1, 0.15) is 81.1 Å². The first-order valence-corrected chi connectivity index (χ1v) is 29.2. The molecule has 36 nitrogen and oxygen atoms in total. The van der Waals surface area contributed by atoms with Gasteiger partial charge in [-0.2, -0.15) is 0 Å². The summed E-state index contributed by atoms with van der Waals surface area (Å²) in [7, 11) is 0.966. The summed E-state index contributed by atoms with van der Waals surface area (Å²) in [5.41, 5.74) is 0.442. The van der Waals surface area contributed by atoms with Gasteiger partial charge in [0, 0.05) is 0 Å². The molecule has 0 aliphatic carbocycles. The zero-order valence-electron chi connectivity index (χ0n) is 51.1. The molecule has 0 spiro atoms. The van der Waals surface area contributed by atoms with Crippen molar-refractivity contribution in [1.82, 2.24) is 46.2 Å². The van der Waals surface area contributed by atoms with Crippen molar-refractivity contribution in [3.63, 3.8) is 0 Å². The first-order chi connectivity index (χ1) is 45.7. The number of hydrogen-bond acceptors (Lipinski definition) is 22. The monoisotopic (exact) mass is 1350 g/mol. The van der Waals surface area contributed by atoms with Crippen molar-refractivity contribution >= 4 is 89.3 Å². The highest BCUT2D eigenvalue weighted by Gasteiger charge is 2.33. The minimum Gasteiger partial charge on any atom is -0.477 e. The van der Waals surface area contributed by atoms with Gasteiger partial charge in [0.05, 0.1) is 13.2 Å². The molecule has 0 aliphatic heterocycles. The van der Waals surface area contributed by atoms with E-state index in [1.165, 1.54) is 0 Å². The Morgan fingerprint density at radius 2 is 0.485 bits per heavy atom. The molecule has 16 N–H and O–H groups in total. The quantitative estimate of drug-likeness (QED) is 0.0248. The van der Waals surface area contributed by atoms with Gasteiger partial charge in [-0.1, -0.05) is 0 Å². The summed E-state index contributed by atoms with van der Waals surface area (Å²) in [6.07, 6.45) is -3.13. The summed E-state index contributed by atoms with van der Waals surface area (Å²) in [5, 5.41) is 106. The van der Waals surface area contributed by atoms with Crippen LogP contribution in [0.1, 0.15) is 197 Å². The molecule has 5 aromatic heterocycles. The Kier molecular flexibility index (Phi) is 27.3. The maximum Gasteiger partial charge on any atom is 0.354 e. The predicted octanol–water partition coefficient (Wildman–Crippen LogP) is 1.50. The van der Waals surface area contributed by atoms with Crippen molar-refractivity contribution in [2.75, 3.05) is 7.11 Å². The Labute approximate surface area is 546 Å². The number of methoxy groups -OCH3 is 1. The lowest BCUT2D eigenvalue weighted by Crippen LogP contribution is -2.58. The topological polar surface area (TPSA) is 606 Å². The number of nitrogens with zero attached hydrogens (tertiary/aromatic N) is 5. The molecule has 36 heteroatoms. The van der Waals surface area contributed by atoms with Crippen LogP contribution in [0.5, 0.6) is 0 Å². The summed E-state index contributed by atoms with van der Waals surface area (Å²) in [5.74, 6) is -21.3. The second-order valence-electron chi connectivity index (χ2n) is 21.6. The molecule has 0 bridgehead atoms. The number of carbonyl (C=O) groups is 15. The second kappa shape index (κ2) is 35.1. The third-order valence-electron chi connectivity index (χ3n) is 14.5. The molecule has 0 fully saturated rings. The van der Waals surface area contributed by atoms with Gasteiger partial charge in [-0.05, 0) is 185 Å². The van der Waals surface area contributed by atoms with Crippen LogP contribution in [0.4, 0.5) is 0 Å². The Morgan fingerprint density at radius 1 is 0.309 bits per heavy atom. The molecule has 4 amide bonds. The van der Waals surface area contributed by atoms with E-state index in [2.05, 4.69) is 46.2 Å². The fraction of sp³-hybridized carbons (Fsp3) is 0.344. The summed E-state index contributed by atoms with van der Waals surface area (Å²) >= 11 is 0. The van der Waals surface area contributed by atoms with E-state index in [0.717, 1.165) is 67.8 Å². The van der Waals surface area contributed by atoms with E-state index in [0.29, 0.717) is 0 Å². The molecule has 5 heterocycles. The van der Waals surface area contributed by atoms with Crippen molar-refractivity contribution in [1.29, 1.82) is 0 Å². The summed E-state index contributed by atoms with van der Waals surface area (Å²) in [4.78, 5) is 208. The van der Waals surface area contributed by atoms with Crippen LogP contribution in [-0.4, -0.2) is 203 Å². The van der Waals surface area contributed by atoms with Gasteiger partial charge in [0.2, 0.25) is 23.6 Å². The first kappa shape index (κ1) is 75.5. The van der Waals surface area contributed by atoms with Crippen LogP contribution in [0.25, 0.3) is 0 Å². The van der Waals surface area contributed by atoms with Crippen molar-refractivity contribution < 1.29 is 128 Å². The molecular weight excluding hydrogens is 1290 g/mol. The van der Waals surface area contributed by atoms with Crippen LogP contribution in [0.15, 0.2) is 60.7 Å². The fourth-order valence-electron chi connectivity index (χ4n) is 9.75. The number of carboxylic acids is 10. The number of nitrogens with two attached hydrogens (primary N) is 1. The summed E-state index contributed by atoms with van der Waals surface area (Å²) in [6, 6.07) is 2.36. The van der Waals surface area contributed by atoms with Gasteiger partial charge in [-0.3, -0.25) is 19.2 Å².